The number of carbonyl (C=O) groups is 2. The molecule has 0 aliphatic carbocycles. The van der Waals surface area contributed by atoms with Crippen molar-refractivity contribution in [2.75, 3.05) is 19.0 Å². The van der Waals surface area contributed by atoms with E-state index < -0.39 is 18.0 Å². The number of nitrogens with zero attached hydrogens (tertiary/aromatic N) is 1. The summed E-state index contributed by atoms with van der Waals surface area (Å²) in [7, 11) is 1.33. The summed E-state index contributed by atoms with van der Waals surface area (Å²) < 4.78 is 5.38. The van der Waals surface area contributed by atoms with E-state index >= 15 is 0 Å². The lowest BCUT2D eigenvalue weighted by atomic mass is 10.2. The van der Waals surface area contributed by atoms with Crippen LogP contribution in [0, 0.1) is 11.3 Å². The largest absolute Gasteiger partial charge is 0.480 e. The molecule has 0 heterocycles. The van der Waals surface area contributed by atoms with Gasteiger partial charge in [0.2, 0.25) is 0 Å². The second-order valence-electron chi connectivity index (χ2n) is 3.75. The highest BCUT2D eigenvalue weighted by Crippen LogP contribution is 2.20. The summed E-state index contributed by atoms with van der Waals surface area (Å²) in [5.41, 5.74) is 0.544. The first-order chi connectivity index (χ1) is 9.47. The molecular weight excluding hydrogens is 330 g/mol. The van der Waals surface area contributed by atoms with E-state index in [0.717, 1.165) is 0 Å². The minimum Gasteiger partial charge on any atom is -0.480 e. The first-order valence-electron chi connectivity index (χ1n) is 5.46. The fourth-order valence-electron chi connectivity index (χ4n) is 1.38. The number of benzene rings is 1. The van der Waals surface area contributed by atoms with Gasteiger partial charge in [-0.05, 0) is 18.2 Å². The predicted octanol–water partition coefficient (Wildman–Crippen LogP) is 1.54. The lowest BCUT2D eigenvalue weighted by molar-refractivity contribution is -0.140. The monoisotopic (exact) mass is 341 g/mol. The van der Waals surface area contributed by atoms with Crippen molar-refractivity contribution >= 4 is 33.6 Å². The Hall–Kier alpha value is -2.11. The van der Waals surface area contributed by atoms with Crippen molar-refractivity contribution in [2.24, 2.45) is 0 Å². The van der Waals surface area contributed by atoms with Crippen molar-refractivity contribution in [3.8, 4) is 6.07 Å². The van der Waals surface area contributed by atoms with Gasteiger partial charge >= 0.3 is 12.0 Å². The number of amides is 2. The number of carboxylic acids is 1. The van der Waals surface area contributed by atoms with Gasteiger partial charge in [-0.25, -0.2) is 9.59 Å². The van der Waals surface area contributed by atoms with Gasteiger partial charge in [0, 0.05) is 11.6 Å². The Morgan fingerprint density at radius 2 is 2.25 bits per heavy atom. The van der Waals surface area contributed by atoms with Crippen LogP contribution in [0.1, 0.15) is 5.56 Å². The molecule has 1 atom stereocenters. The molecule has 1 unspecified atom stereocenters. The highest BCUT2D eigenvalue weighted by Gasteiger charge is 2.20. The summed E-state index contributed by atoms with van der Waals surface area (Å²) in [6.45, 7) is -0.160. The van der Waals surface area contributed by atoms with Crippen molar-refractivity contribution in [3.63, 3.8) is 0 Å². The van der Waals surface area contributed by atoms with Gasteiger partial charge < -0.3 is 20.5 Å². The summed E-state index contributed by atoms with van der Waals surface area (Å²) >= 11 is 3.22. The third-order valence-electron chi connectivity index (χ3n) is 2.29. The van der Waals surface area contributed by atoms with Gasteiger partial charge in [-0.2, -0.15) is 5.26 Å². The molecule has 1 aromatic carbocycles. The molecule has 1 aromatic rings. The first-order valence-corrected chi connectivity index (χ1v) is 6.26. The van der Waals surface area contributed by atoms with E-state index in [4.69, 9.17) is 15.1 Å². The minimum absolute atomic E-state index is 0.160. The highest BCUT2D eigenvalue weighted by molar-refractivity contribution is 9.10. The van der Waals surface area contributed by atoms with Crippen molar-refractivity contribution in [1.29, 1.82) is 5.26 Å². The van der Waals surface area contributed by atoms with Crippen molar-refractivity contribution in [3.05, 3.63) is 28.2 Å². The Balaban J connectivity index is 2.78. The summed E-state index contributed by atoms with van der Waals surface area (Å²) in [5, 5.41) is 22.5. The molecule has 0 aliphatic heterocycles. The molecule has 20 heavy (non-hydrogen) atoms. The van der Waals surface area contributed by atoms with E-state index in [0.29, 0.717) is 4.47 Å². The quantitative estimate of drug-likeness (QED) is 0.752. The van der Waals surface area contributed by atoms with Crippen LogP contribution in [0.2, 0.25) is 0 Å². The molecular formula is C12H12BrN3O4. The summed E-state index contributed by atoms with van der Waals surface area (Å²) in [4.78, 5) is 22.6. The maximum Gasteiger partial charge on any atom is 0.328 e. The van der Waals surface area contributed by atoms with Gasteiger partial charge in [0.25, 0.3) is 0 Å². The van der Waals surface area contributed by atoms with Crippen LogP contribution in [-0.4, -0.2) is 36.9 Å². The first kappa shape index (κ1) is 15.9. The molecule has 1 rings (SSSR count). The van der Waals surface area contributed by atoms with Crippen LogP contribution >= 0.6 is 15.9 Å². The number of hydrogen-bond donors (Lipinski definition) is 3. The van der Waals surface area contributed by atoms with Crippen LogP contribution in [0.3, 0.4) is 0 Å². The Labute approximate surface area is 123 Å². The maximum absolute atomic E-state index is 11.7. The molecule has 0 saturated heterocycles. The van der Waals surface area contributed by atoms with E-state index in [1.165, 1.54) is 13.2 Å². The van der Waals surface area contributed by atoms with Crippen LogP contribution in [0.5, 0.6) is 0 Å². The third kappa shape index (κ3) is 4.53. The van der Waals surface area contributed by atoms with Crippen LogP contribution in [0.15, 0.2) is 22.7 Å². The molecule has 0 spiro atoms. The number of carbonyl (C=O) groups excluding carboxylic acids is 1. The van der Waals surface area contributed by atoms with E-state index in [1.54, 1.807) is 12.1 Å². The zero-order chi connectivity index (χ0) is 15.1. The van der Waals surface area contributed by atoms with Crippen LogP contribution in [0.25, 0.3) is 0 Å². The van der Waals surface area contributed by atoms with E-state index in [-0.39, 0.29) is 17.9 Å². The smallest absolute Gasteiger partial charge is 0.328 e. The molecule has 8 heteroatoms. The summed E-state index contributed by atoms with van der Waals surface area (Å²) in [6, 6.07) is 4.76. The van der Waals surface area contributed by atoms with E-state index in [2.05, 4.69) is 26.6 Å². The van der Waals surface area contributed by atoms with Crippen LogP contribution < -0.4 is 10.6 Å². The third-order valence-corrected chi connectivity index (χ3v) is 2.78. The fourth-order valence-corrected chi connectivity index (χ4v) is 1.74. The Morgan fingerprint density at radius 3 is 2.80 bits per heavy atom. The molecule has 0 fully saturated rings. The summed E-state index contributed by atoms with van der Waals surface area (Å²) in [6.07, 6.45) is 0. The fraction of sp³-hybridized carbons (Fsp3) is 0.250. The number of aliphatic carboxylic acids is 1. The SMILES string of the molecule is COCC(NC(=O)Nc1cc(Br)ccc1C#N)C(=O)O. The molecule has 0 aromatic heterocycles. The molecule has 0 radical (unpaired) electrons. The van der Waals surface area contributed by atoms with Crippen molar-refractivity contribution in [2.45, 2.75) is 6.04 Å². The van der Waals surface area contributed by atoms with Gasteiger partial charge in [-0.15, -0.1) is 0 Å². The number of carboxylic acid groups (broad SMARTS) is 1. The average molecular weight is 342 g/mol. The number of urea groups is 1. The zero-order valence-corrected chi connectivity index (χ0v) is 12.1. The Kier molecular flexibility index (Phi) is 5.96. The number of hydrogen-bond acceptors (Lipinski definition) is 4. The van der Waals surface area contributed by atoms with E-state index in [1.807, 2.05) is 6.07 Å². The van der Waals surface area contributed by atoms with Crippen molar-refractivity contribution < 1.29 is 19.4 Å². The molecule has 3 N–H and O–H groups in total. The van der Waals surface area contributed by atoms with Crippen LogP contribution in [-0.2, 0) is 9.53 Å². The van der Waals surface area contributed by atoms with Gasteiger partial charge in [0.05, 0.1) is 17.9 Å². The normalized spacial score (nSPS) is 11.2. The van der Waals surface area contributed by atoms with E-state index in [9.17, 15) is 9.59 Å². The molecule has 0 bridgehead atoms. The highest BCUT2D eigenvalue weighted by atomic mass is 79.9. The molecule has 7 nitrogen and oxygen atoms in total. The number of ether oxygens (including phenoxy) is 1. The van der Waals surface area contributed by atoms with Gasteiger partial charge in [-0.3, -0.25) is 0 Å². The molecule has 2 amide bonds. The van der Waals surface area contributed by atoms with Gasteiger partial charge in [0.15, 0.2) is 6.04 Å². The van der Waals surface area contributed by atoms with Crippen molar-refractivity contribution in [1.82, 2.24) is 5.32 Å². The number of anilines is 1. The maximum atomic E-state index is 11.7. The Morgan fingerprint density at radius 1 is 1.55 bits per heavy atom. The predicted molar refractivity (Wildman–Crippen MR) is 74.3 cm³/mol. The topological polar surface area (TPSA) is 111 Å². The second-order valence-corrected chi connectivity index (χ2v) is 4.66. The number of rotatable bonds is 5. The van der Waals surface area contributed by atoms with Crippen LogP contribution in [0.4, 0.5) is 10.5 Å². The lowest BCUT2D eigenvalue weighted by Gasteiger charge is -2.14. The Bertz CT molecular complexity index is 556. The number of halogens is 1. The second kappa shape index (κ2) is 7.47. The number of nitriles is 1. The molecule has 106 valence electrons. The average Bonchev–Trinajstić information content (AvgIpc) is 2.38. The standard InChI is InChI=1S/C12H12BrN3O4/c1-20-6-10(11(17)18)16-12(19)15-9-4-8(13)3-2-7(9)5-14/h2-4,10H,6H2,1H3,(H,17,18)(H2,15,16,19). The molecule has 0 aliphatic rings. The van der Waals surface area contributed by atoms with Gasteiger partial charge in [0.1, 0.15) is 6.07 Å². The lowest BCUT2D eigenvalue weighted by Crippen LogP contribution is -2.45. The number of methoxy groups -OCH3 is 1. The number of nitrogens with one attached hydrogen (secondary N) is 2. The summed E-state index contributed by atoms with van der Waals surface area (Å²) in [5.74, 6) is -1.21. The zero-order valence-electron chi connectivity index (χ0n) is 10.5. The van der Waals surface area contributed by atoms with Gasteiger partial charge in [-0.1, -0.05) is 15.9 Å². The molecule has 0 saturated carbocycles. The minimum atomic E-state index is -1.21.